The van der Waals surface area contributed by atoms with Gasteiger partial charge in [-0.1, -0.05) is 36.4 Å². The van der Waals surface area contributed by atoms with Gasteiger partial charge >= 0.3 is 0 Å². The highest BCUT2D eigenvalue weighted by Gasteiger charge is 2.23. The first-order valence-electron chi connectivity index (χ1n) is 8.29. The Hall–Kier alpha value is -2.11. The first kappa shape index (κ1) is 15.4. The van der Waals surface area contributed by atoms with Crippen molar-refractivity contribution in [3.05, 3.63) is 60.2 Å². The van der Waals surface area contributed by atoms with Gasteiger partial charge in [0.05, 0.1) is 4.90 Å². The SMILES string of the molecule is O=S(=O)(c1ccccc1)c1cc2cccc(C3CCNCC3)c2[nH]1. The summed E-state index contributed by atoms with van der Waals surface area (Å²) in [4.78, 5) is 3.51. The minimum absolute atomic E-state index is 0.269. The second kappa shape index (κ2) is 6.07. The molecule has 1 aliphatic rings. The number of hydrogen-bond acceptors (Lipinski definition) is 3. The van der Waals surface area contributed by atoms with Crippen LogP contribution in [0.25, 0.3) is 10.9 Å². The van der Waals surface area contributed by atoms with Crippen LogP contribution in [0.15, 0.2) is 64.5 Å². The van der Waals surface area contributed by atoms with Gasteiger partial charge in [0.2, 0.25) is 9.84 Å². The average Bonchev–Trinajstić information content (AvgIpc) is 3.08. The minimum atomic E-state index is -3.52. The van der Waals surface area contributed by atoms with Crippen molar-refractivity contribution in [2.75, 3.05) is 13.1 Å². The van der Waals surface area contributed by atoms with E-state index >= 15 is 0 Å². The molecule has 4 rings (SSSR count). The third kappa shape index (κ3) is 2.64. The number of fused-ring (bicyclic) bond motifs is 1. The van der Waals surface area contributed by atoms with Crippen molar-refractivity contribution in [3.8, 4) is 0 Å². The van der Waals surface area contributed by atoms with Gasteiger partial charge in [-0.15, -0.1) is 0 Å². The highest BCUT2D eigenvalue weighted by atomic mass is 32.2. The Balaban J connectivity index is 1.81. The zero-order chi connectivity index (χ0) is 16.6. The van der Waals surface area contributed by atoms with Gasteiger partial charge in [-0.05, 0) is 55.6 Å². The molecule has 24 heavy (non-hydrogen) atoms. The van der Waals surface area contributed by atoms with Crippen LogP contribution < -0.4 is 5.32 Å². The topological polar surface area (TPSA) is 62.0 Å². The van der Waals surface area contributed by atoms with E-state index in [1.807, 2.05) is 18.2 Å². The number of nitrogens with one attached hydrogen (secondary N) is 2. The molecule has 5 heteroatoms. The summed E-state index contributed by atoms with van der Waals surface area (Å²) in [6.07, 6.45) is 2.16. The van der Waals surface area contributed by atoms with Crippen LogP contribution in [0.5, 0.6) is 0 Å². The monoisotopic (exact) mass is 340 g/mol. The van der Waals surface area contributed by atoms with Crippen LogP contribution in [-0.4, -0.2) is 26.5 Å². The smallest absolute Gasteiger partial charge is 0.221 e. The summed E-state index contributed by atoms with van der Waals surface area (Å²) in [5, 5.41) is 4.60. The molecule has 1 aliphatic heterocycles. The zero-order valence-electron chi connectivity index (χ0n) is 13.3. The first-order chi connectivity index (χ1) is 11.7. The van der Waals surface area contributed by atoms with E-state index in [1.165, 1.54) is 5.56 Å². The van der Waals surface area contributed by atoms with E-state index in [0.29, 0.717) is 10.8 Å². The van der Waals surface area contributed by atoms with Gasteiger partial charge in [-0.2, -0.15) is 0 Å². The van der Waals surface area contributed by atoms with Crippen LogP contribution in [0.1, 0.15) is 24.3 Å². The highest BCUT2D eigenvalue weighted by Crippen LogP contribution is 2.33. The van der Waals surface area contributed by atoms with Crippen molar-refractivity contribution in [2.24, 2.45) is 0 Å². The van der Waals surface area contributed by atoms with E-state index in [-0.39, 0.29) is 5.03 Å². The number of para-hydroxylation sites is 1. The molecule has 1 aromatic heterocycles. The third-order valence-electron chi connectivity index (χ3n) is 4.79. The summed E-state index contributed by atoms with van der Waals surface area (Å²) in [5.41, 5.74) is 2.18. The number of sulfone groups is 1. The first-order valence-corrected chi connectivity index (χ1v) is 9.77. The van der Waals surface area contributed by atoms with Crippen molar-refractivity contribution in [1.29, 1.82) is 0 Å². The Morgan fingerprint density at radius 3 is 2.42 bits per heavy atom. The fourth-order valence-corrected chi connectivity index (χ4v) is 4.79. The Morgan fingerprint density at radius 1 is 0.917 bits per heavy atom. The molecule has 0 radical (unpaired) electrons. The maximum Gasteiger partial charge on any atom is 0.221 e. The molecule has 2 N–H and O–H groups in total. The fraction of sp³-hybridized carbons (Fsp3) is 0.263. The molecule has 124 valence electrons. The van der Waals surface area contributed by atoms with E-state index in [2.05, 4.69) is 16.4 Å². The van der Waals surface area contributed by atoms with E-state index in [4.69, 9.17) is 0 Å². The summed E-state index contributed by atoms with van der Waals surface area (Å²) in [7, 11) is -3.52. The molecule has 2 heterocycles. The fourth-order valence-electron chi connectivity index (χ4n) is 3.50. The number of rotatable bonds is 3. The molecule has 1 saturated heterocycles. The van der Waals surface area contributed by atoms with Crippen molar-refractivity contribution in [1.82, 2.24) is 10.3 Å². The molecular weight excluding hydrogens is 320 g/mol. The molecule has 0 aliphatic carbocycles. The summed E-state index contributed by atoms with van der Waals surface area (Å²) in [5.74, 6) is 0.473. The molecule has 0 spiro atoms. The molecule has 0 unspecified atom stereocenters. The molecule has 2 aromatic carbocycles. The predicted molar refractivity (Wildman–Crippen MR) is 95.0 cm³/mol. The number of H-pyrrole nitrogens is 1. The Morgan fingerprint density at radius 2 is 1.67 bits per heavy atom. The predicted octanol–water partition coefficient (Wildman–Crippen LogP) is 3.47. The Bertz CT molecular complexity index is 955. The molecule has 0 amide bonds. The molecule has 0 bridgehead atoms. The quantitative estimate of drug-likeness (QED) is 0.767. The molecular formula is C19H20N2O2S. The lowest BCUT2D eigenvalue weighted by molar-refractivity contribution is 0.462. The van der Waals surface area contributed by atoms with Crippen LogP contribution in [0.3, 0.4) is 0 Å². The lowest BCUT2D eigenvalue weighted by atomic mass is 9.89. The van der Waals surface area contributed by atoms with Crippen molar-refractivity contribution in [2.45, 2.75) is 28.7 Å². The standard InChI is InChI=1S/C19H20N2O2S/c22-24(23,16-6-2-1-3-7-16)18-13-15-5-4-8-17(19(15)21-18)14-9-11-20-12-10-14/h1-8,13-14,20-21H,9-12H2. The van der Waals surface area contributed by atoms with Gasteiger partial charge in [0, 0.05) is 10.9 Å². The number of piperidine rings is 1. The Kier molecular flexibility index (Phi) is 3.90. The number of aromatic nitrogens is 1. The van der Waals surface area contributed by atoms with Crippen LogP contribution in [0, 0.1) is 0 Å². The maximum absolute atomic E-state index is 12.8. The zero-order valence-corrected chi connectivity index (χ0v) is 14.1. The van der Waals surface area contributed by atoms with E-state index < -0.39 is 9.84 Å². The van der Waals surface area contributed by atoms with Gasteiger partial charge in [0.15, 0.2) is 0 Å². The summed E-state index contributed by atoms with van der Waals surface area (Å²) in [6, 6.07) is 16.4. The summed E-state index contributed by atoms with van der Waals surface area (Å²) in [6.45, 7) is 2.02. The van der Waals surface area contributed by atoms with Crippen LogP contribution in [-0.2, 0) is 9.84 Å². The second-order valence-corrected chi connectivity index (χ2v) is 8.20. The highest BCUT2D eigenvalue weighted by molar-refractivity contribution is 7.91. The van der Waals surface area contributed by atoms with Crippen LogP contribution in [0.4, 0.5) is 0 Å². The van der Waals surface area contributed by atoms with Gasteiger partial charge in [0.1, 0.15) is 5.03 Å². The van der Waals surface area contributed by atoms with Gasteiger partial charge in [-0.25, -0.2) is 8.42 Å². The van der Waals surface area contributed by atoms with Crippen molar-refractivity contribution < 1.29 is 8.42 Å². The summed E-state index contributed by atoms with van der Waals surface area (Å²) >= 11 is 0. The molecule has 0 atom stereocenters. The third-order valence-corrected chi connectivity index (χ3v) is 6.48. The maximum atomic E-state index is 12.8. The van der Waals surface area contributed by atoms with Gasteiger partial charge < -0.3 is 10.3 Å². The lowest BCUT2D eigenvalue weighted by Crippen LogP contribution is -2.26. The average molecular weight is 340 g/mol. The molecule has 1 fully saturated rings. The second-order valence-electron chi connectivity index (χ2n) is 6.29. The number of benzene rings is 2. The number of hydrogen-bond donors (Lipinski definition) is 2. The van der Waals surface area contributed by atoms with Gasteiger partial charge in [-0.3, -0.25) is 0 Å². The van der Waals surface area contributed by atoms with Crippen LogP contribution >= 0.6 is 0 Å². The van der Waals surface area contributed by atoms with Crippen molar-refractivity contribution >= 4 is 20.7 Å². The van der Waals surface area contributed by atoms with Crippen LogP contribution in [0.2, 0.25) is 0 Å². The minimum Gasteiger partial charge on any atom is -0.345 e. The van der Waals surface area contributed by atoms with E-state index in [0.717, 1.165) is 36.8 Å². The summed E-state index contributed by atoms with van der Waals surface area (Å²) < 4.78 is 25.7. The molecule has 3 aromatic rings. The largest absolute Gasteiger partial charge is 0.345 e. The lowest BCUT2D eigenvalue weighted by Gasteiger charge is -2.23. The molecule has 4 nitrogen and oxygen atoms in total. The van der Waals surface area contributed by atoms with Gasteiger partial charge in [0.25, 0.3) is 0 Å². The normalized spacial score (nSPS) is 16.5. The number of aromatic amines is 1. The Labute approximate surface area is 141 Å². The van der Waals surface area contributed by atoms with Crippen molar-refractivity contribution in [3.63, 3.8) is 0 Å². The van der Waals surface area contributed by atoms with E-state index in [1.54, 1.807) is 30.3 Å². The van der Waals surface area contributed by atoms with E-state index in [9.17, 15) is 8.42 Å². The molecule has 0 saturated carbocycles.